The van der Waals surface area contributed by atoms with Crippen molar-refractivity contribution in [1.82, 2.24) is 26.2 Å². The third-order valence-electron chi connectivity index (χ3n) is 19.6. The van der Waals surface area contributed by atoms with E-state index in [2.05, 4.69) is 57.4 Å². The molecule has 0 spiro atoms. The van der Waals surface area contributed by atoms with Crippen molar-refractivity contribution < 1.29 is 152 Å². The van der Waals surface area contributed by atoms with E-state index in [1.807, 2.05) is 48.5 Å². The largest absolute Gasteiger partial charge is 0.446 e. The molecule has 1 aliphatic heterocycles. The SMILES string of the molecule is O=C(CCOCCOCCOCCOCCN(CCOCCOCCOCCOCCC(=O)NCCOCCOCCOCCOCCOCCOCCOCCOCCNC(=O)OC1CC/C=C\CCC1)C(=O)CCC(=O)N1Cc2ccccc2C#Cc2ccccc21)NCCOCCOCCOCCOCCOCCOCCOCCOCCNC(=O)OC1CC/C=C\CCC1. The Morgan fingerprint density at radius 1 is 0.286 bits per heavy atom. The number of allylic oxidation sites excluding steroid dienone is 4. The van der Waals surface area contributed by atoms with Crippen molar-refractivity contribution in [3.8, 4) is 11.8 Å². The second-order valence-corrected chi connectivity index (χ2v) is 30.0. The number of nitrogens with one attached hydrogen (secondary N) is 4. The molecule has 2 aromatic carbocycles. The standard InChI is InChI=1S/C95H156N6O32/c102-90(96-29-37-110-45-53-118-61-67-124-71-75-128-79-81-130-77-73-126-69-63-120-55-47-112-39-31-98-94(106)132-87-18-7-3-1-4-8-19-87)27-35-108-43-51-116-59-65-122-57-49-114-41-33-100(92(104)25-26-93(105)101-83-86-17-12-11-15-84(86)23-24-85-16-13-14-22-89(85)101)34-42-115-50-58-123-66-60-117-52-44-109-36-28-91(103)97-30-38-111-46-54-119-62-68-125-72-76-129-80-82-131-78-74-127-70-64-121-56-48-113-40-32-99-95(107)133-88-20-9-5-2-6-10-21-88/h1-3,5,11-17,22,87-88H,4,6-10,18-21,25-83H2,(H,96,102)(H,97,103)(H,98,106)(H,99,107)/b3-1-,5-2-. The Morgan fingerprint density at radius 2 is 0.556 bits per heavy atom. The summed E-state index contributed by atoms with van der Waals surface area (Å²) in [5, 5.41) is 11.1. The summed E-state index contributed by atoms with van der Waals surface area (Å²) in [5.74, 6) is 5.78. The van der Waals surface area contributed by atoms with Crippen LogP contribution in [0.25, 0.3) is 0 Å². The van der Waals surface area contributed by atoms with Gasteiger partial charge < -0.3 is 154 Å². The maximum Gasteiger partial charge on any atom is 0.407 e. The Morgan fingerprint density at radius 3 is 0.895 bits per heavy atom. The zero-order chi connectivity index (χ0) is 94.0. The van der Waals surface area contributed by atoms with Gasteiger partial charge in [0.25, 0.3) is 0 Å². The molecule has 38 nitrogen and oxygen atoms in total. The summed E-state index contributed by atoms with van der Waals surface area (Å²) in [6.45, 7) is 20.8. The Balaban J connectivity index is 0.740. The Bertz CT molecular complexity index is 3150. The van der Waals surface area contributed by atoms with Gasteiger partial charge in [0.1, 0.15) is 12.2 Å². The van der Waals surface area contributed by atoms with Gasteiger partial charge in [0.2, 0.25) is 23.6 Å². The lowest BCUT2D eigenvalue weighted by atomic mass is 10.0. The Kier molecular flexibility index (Phi) is 76.8. The van der Waals surface area contributed by atoms with Gasteiger partial charge in [-0.05, 0) is 88.0 Å². The van der Waals surface area contributed by atoms with Gasteiger partial charge in [0.15, 0.2) is 0 Å². The molecule has 0 radical (unpaired) electrons. The van der Waals surface area contributed by atoms with Crippen molar-refractivity contribution >= 4 is 41.5 Å². The molecule has 4 N–H and O–H groups in total. The number of para-hydroxylation sites is 1. The number of hydrogen-bond donors (Lipinski definition) is 4. The molecule has 5 rings (SSSR count). The number of rotatable bonds is 89. The average molecular weight is 1890 g/mol. The lowest BCUT2D eigenvalue weighted by Gasteiger charge is -2.27. The van der Waals surface area contributed by atoms with Crippen molar-refractivity contribution in [3.63, 3.8) is 0 Å². The normalized spacial score (nSPS) is 14.8. The number of fused-ring (bicyclic) bond motifs is 2. The van der Waals surface area contributed by atoms with Gasteiger partial charge in [0, 0.05) is 76.1 Å². The first kappa shape index (κ1) is 116. The van der Waals surface area contributed by atoms with Gasteiger partial charge in [-0.25, -0.2) is 9.59 Å². The van der Waals surface area contributed by atoms with Crippen LogP contribution < -0.4 is 26.2 Å². The molecule has 2 aliphatic carbocycles. The smallest absolute Gasteiger partial charge is 0.407 e. The second-order valence-electron chi connectivity index (χ2n) is 30.0. The summed E-state index contributed by atoms with van der Waals surface area (Å²) in [5.41, 5.74) is 3.20. The number of ether oxygens (including phenoxy) is 26. The summed E-state index contributed by atoms with van der Waals surface area (Å²) in [6.07, 6.45) is 17.7. The van der Waals surface area contributed by atoms with Gasteiger partial charge in [-0.2, -0.15) is 0 Å². The summed E-state index contributed by atoms with van der Waals surface area (Å²) in [7, 11) is 0. The van der Waals surface area contributed by atoms with Gasteiger partial charge >= 0.3 is 12.2 Å². The maximum absolute atomic E-state index is 14.0. The van der Waals surface area contributed by atoms with Crippen LogP contribution in [0.4, 0.5) is 15.3 Å². The molecule has 6 amide bonds. The number of hydrogen-bond acceptors (Lipinski definition) is 32. The van der Waals surface area contributed by atoms with Crippen molar-refractivity contribution in [1.29, 1.82) is 0 Å². The molecule has 133 heavy (non-hydrogen) atoms. The quantitative estimate of drug-likeness (QED) is 0.0326. The summed E-state index contributed by atoms with van der Waals surface area (Å²) in [6, 6.07) is 15.3. The minimum absolute atomic E-state index is 0.0133. The molecule has 0 aromatic heterocycles. The van der Waals surface area contributed by atoms with E-state index in [-0.39, 0.29) is 114 Å². The van der Waals surface area contributed by atoms with Crippen LogP contribution in [0.3, 0.4) is 0 Å². The number of anilines is 1. The van der Waals surface area contributed by atoms with E-state index >= 15 is 0 Å². The molecule has 758 valence electrons. The minimum atomic E-state index is -0.394. The second kappa shape index (κ2) is 87.7. The highest BCUT2D eigenvalue weighted by Gasteiger charge is 2.25. The zero-order valence-corrected chi connectivity index (χ0v) is 78.8. The third kappa shape index (κ3) is 69.4. The molecule has 2 atom stereocenters. The van der Waals surface area contributed by atoms with E-state index in [1.165, 1.54) is 0 Å². The monoisotopic (exact) mass is 1890 g/mol. The predicted molar refractivity (Wildman–Crippen MR) is 492 cm³/mol. The molecule has 0 fully saturated rings. The van der Waals surface area contributed by atoms with Crippen molar-refractivity contribution in [2.24, 2.45) is 0 Å². The highest BCUT2D eigenvalue weighted by atomic mass is 16.6. The molecule has 38 heteroatoms. The summed E-state index contributed by atoms with van der Waals surface area (Å²) >= 11 is 0. The van der Waals surface area contributed by atoms with Crippen LogP contribution in [0.2, 0.25) is 0 Å². The lowest BCUT2D eigenvalue weighted by molar-refractivity contribution is -0.134. The fraction of sp³-hybridized carbons (Fsp3) is 0.747. The van der Waals surface area contributed by atoms with E-state index < -0.39 is 12.2 Å². The molecular formula is C95H156N6O32. The highest BCUT2D eigenvalue weighted by Crippen LogP contribution is 2.27. The zero-order valence-electron chi connectivity index (χ0n) is 78.8. The first-order valence-corrected chi connectivity index (χ1v) is 47.6. The lowest BCUT2D eigenvalue weighted by Crippen LogP contribution is -2.38. The van der Waals surface area contributed by atoms with Gasteiger partial charge in [-0.1, -0.05) is 66.5 Å². The Labute approximate surface area is 787 Å². The van der Waals surface area contributed by atoms with E-state index in [0.717, 1.165) is 80.9 Å². The van der Waals surface area contributed by atoms with E-state index in [4.69, 9.17) is 123 Å². The van der Waals surface area contributed by atoms with E-state index in [0.29, 0.717) is 316 Å². The van der Waals surface area contributed by atoms with Gasteiger partial charge in [-0.15, -0.1) is 0 Å². The number of benzene rings is 2. The van der Waals surface area contributed by atoms with Crippen LogP contribution in [0, 0.1) is 11.8 Å². The van der Waals surface area contributed by atoms with Crippen molar-refractivity contribution in [2.75, 3.05) is 361 Å². The number of carbonyl (C=O) groups excluding carboxylic acids is 6. The van der Waals surface area contributed by atoms with Gasteiger partial charge in [0.05, 0.1) is 329 Å². The number of nitrogens with zero attached hydrogens (tertiary/aromatic N) is 2. The number of alkyl carbamates (subject to hydrolysis) is 2. The van der Waals surface area contributed by atoms with Crippen molar-refractivity contribution in [2.45, 2.75) is 109 Å². The summed E-state index contributed by atoms with van der Waals surface area (Å²) < 4.78 is 145. The molecule has 0 saturated carbocycles. The summed E-state index contributed by atoms with van der Waals surface area (Å²) in [4.78, 5) is 79.8. The molecule has 0 bridgehead atoms. The van der Waals surface area contributed by atoms with E-state index in [1.54, 1.807) is 9.80 Å². The fourth-order valence-electron chi connectivity index (χ4n) is 12.6. The van der Waals surface area contributed by atoms with Crippen LogP contribution in [0.1, 0.15) is 107 Å². The first-order valence-electron chi connectivity index (χ1n) is 47.6. The maximum atomic E-state index is 14.0. The van der Waals surface area contributed by atoms with E-state index in [9.17, 15) is 28.8 Å². The molecule has 0 saturated heterocycles. The van der Waals surface area contributed by atoms with Gasteiger partial charge in [-0.3, -0.25) is 19.2 Å². The van der Waals surface area contributed by atoms with Crippen LogP contribution in [-0.4, -0.2) is 409 Å². The molecule has 1 heterocycles. The first-order chi connectivity index (χ1) is 65.7. The fourth-order valence-corrected chi connectivity index (χ4v) is 12.6. The predicted octanol–water partition coefficient (Wildman–Crippen LogP) is 6.18. The number of amides is 6. The van der Waals surface area contributed by atoms with Crippen LogP contribution in [0.15, 0.2) is 72.8 Å². The Hall–Kier alpha value is -7.06. The molecular weight excluding hydrogens is 1740 g/mol. The topological polar surface area (TPSA) is 397 Å². The van der Waals surface area contributed by atoms with Crippen LogP contribution >= 0.6 is 0 Å². The van der Waals surface area contributed by atoms with Crippen molar-refractivity contribution in [3.05, 3.63) is 89.5 Å². The highest BCUT2D eigenvalue weighted by molar-refractivity contribution is 5.97. The van der Waals surface area contributed by atoms with Crippen LogP contribution in [0.5, 0.6) is 0 Å². The third-order valence-corrected chi connectivity index (χ3v) is 19.6. The average Bonchev–Trinajstić information content (AvgIpc) is 0.803. The van der Waals surface area contributed by atoms with Crippen LogP contribution in [-0.2, 0) is 149 Å². The number of carbonyl (C=O) groups is 6. The molecule has 2 unspecified atom stereocenters. The minimum Gasteiger partial charge on any atom is -0.446 e. The molecule has 3 aliphatic rings. The molecule has 2 aromatic rings.